The normalized spacial score (nSPS) is 25.0. The van der Waals surface area contributed by atoms with Crippen molar-refractivity contribution >= 4 is 0 Å². The molecule has 0 aliphatic carbocycles. The Morgan fingerprint density at radius 1 is 1.28 bits per heavy atom. The third-order valence-electron chi connectivity index (χ3n) is 4.21. The maximum atomic E-state index is 3.42. The predicted octanol–water partition coefficient (Wildman–Crippen LogP) is 2.18. The molecule has 1 saturated heterocycles. The van der Waals surface area contributed by atoms with Gasteiger partial charge in [-0.1, -0.05) is 13.8 Å². The summed E-state index contributed by atoms with van der Waals surface area (Å²) in [6.07, 6.45) is 5.23. The van der Waals surface area contributed by atoms with E-state index in [-0.39, 0.29) is 0 Å². The van der Waals surface area contributed by atoms with Crippen LogP contribution in [0.15, 0.2) is 0 Å². The van der Waals surface area contributed by atoms with E-state index in [0.29, 0.717) is 0 Å². The number of hydrogen-bond donors (Lipinski definition) is 1. The Morgan fingerprint density at radius 3 is 2.72 bits per heavy atom. The van der Waals surface area contributed by atoms with E-state index in [1.807, 2.05) is 0 Å². The molecule has 3 nitrogen and oxygen atoms in total. The molecule has 1 fully saturated rings. The third-order valence-corrected chi connectivity index (χ3v) is 4.21. The highest BCUT2D eigenvalue weighted by molar-refractivity contribution is 4.81. The van der Waals surface area contributed by atoms with E-state index in [0.717, 1.165) is 18.6 Å². The highest BCUT2D eigenvalue weighted by Gasteiger charge is 2.25. The quantitative estimate of drug-likeness (QED) is 0.704. The maximum absolute atomic E-state index is 3.42. The summed E-state index contributed by atoms with van der Waals surface area (Å²) in [6, 6.07) is 1.49. The van der Waals surface area contributed by atoms with Gasteiger partial charge in [0.05, 0.1) is 0 Å². The number of nitrogens with zero attached hydrogens (tertiary/aromatic N) is 2. The zero-order chi connectivity index (χ0) is 13.4. The van der Waals surface area contributed by atoms with Gasteiger partial charge in [0.15, 0.2) is 0 Å². The Balaban J connectivity index is 2.39. The van der Waals surface area contributed by atoms with Crippen LogP contribution in [0.3, 0.4) is 0 Å². The van der Waals surface area contributed by atoms with Gasteiger partial charge >= 0.3 is 0 Å². The molecule has 0 bridgehead atoms. The van der Waals surface area contributed by atoms with Gasteiger partial charge in [-0.3, -0.25) is 4.90 Å². The molecule has 1 N–H and O–H groups in total. The Labute approximate surface area is 114 Å². The summed E-state index contributed by atoms with van der Waals surface area (Å²) in [5, 5.41) is 3.42. The van der Waals surface area contributed by atoms with Crippen LogP contribution in [0.5, 0.6) is 0 Å². The van der Waals surface area contributed by atoms with Crippen molar-refractivity contribution in [2.45, 2.75) is 58.5 Å². The lowest BCUT2D eigenvalue weighted by Crippen LogP contribution is -2.44. The SMILES string of the molecule is CCNCCCC(C)N1CCCN(C)CC1CC. The van der Waals surface area contributed by atoms with Crippen molar-refractivity contribution in [1.82, 2.24) is 15.1 Å². The van der Waals surface area contributed by atoms with Crippen molar-refractivity contribution in [2.75, 3.05) is 39.8 Å². The van der Waals surface area contributed by atoms with Gasteiger partial charge in [0, 0.05) is 18.6 Å². The van der Waals surface area contributed by atoms with Crippen LogP contribution in [0, 0.1) is 0 Å². The maximum Gasteiger partial charge on any atom is 0.0223 e. The van der Waals surface area contributed by atoms with Crippen LogP contribution in [0.25, 0.3) is 0 Å². The number of likely N-dealkylation sites (N-methyl/N-ethyl adjacent to an activating group) is 1. The Kier molecular flexibility index (Phi) is 7.87. The van der Waals surface area contributed by atoms with Crippen molar-refractivity contribution in [2.24, 2.45) is 0 Å². The van der Waals surface area contributed by atoms with Gasteiger partial charge in [-0.25, -0.2) is 0 Å². The second-order valence-corrected chi connectivity index (χ2v) is 5.76. The largest absolute Gasteiger partial charge is 0.317 e. The molecular weight excluding hydrogens is 222 g/mol. The fraction of sp³-hybridized carbons (Fsp3) is 1.00. The van der Waals surface area contributed by atoms with E-state index < -0.39 is 0 Å². The molecule has 2 unspecified atom stereocenters. The van der Waals surface area contributed by atoms with Gasteiger partial charge in [-0.15, -0.1) is 0 Å². The molecule has 0 aromatic rings. The molecule has 1 rings (SSSR count). The fourth-order valence-electron chi connectivity index (χ4n) is 3.07. The molecular formula is C15H33N3. The van der Waals surface area contributed by atoms with Gasteiger partial charge in [0.1, 0.15) is 0 Å². The smallest absolute Gasteiger partial charge is 0.0223 e. The molecule has 1 aliphatic heterocycles. The molecule has 108 valence electrons. The lowest BCUT2D eigenvalue weighted by molar-refractivity contribution is 0.129. The highest BCUT2D eigenvalue weighted by atomic mass is 15.2. The fourth-order valence-corrected chi connectivity index (χ4v) is 3.07. The number of hydrogen-bond acceptors (Lipinski definition) is 3. The monoisotopic (exact) mass is 255 g/mol. The van der Waals surface area contributed by atoms with E-state index in [1.54, 1.807) is 0 Å². The molecule has 0 amide bonds. The predicted molar refractivity (Wildman–Crippen MR) is 80.1 cm³/mol. The van der Waals surface area contributed by atoms with Crippen LogP contribution in [0.1, 0.15) is 46.5 Å². The lowest BCUT2D eigenvalue weighted by atomic mass is 10.1. The average molecular weight is 255 g/mol. The molecule has 3 heteroatoms. The van der Waals surface area contributed by atoms with Crippen molar-refractivity contribution < 1.29 is 0 Å². The van der Waals surface area contributed by atoms with Crippen LogP contribution in [-0.4, -0.2) is 61.7 Å². The highest BCUT2D eigenvalue weighted by Crippen LogP contribution is 2.17. The average Bonchev–Trinajstić information content (AvgIpc) is 2.55. The number of rotatable bonds is 7. The van der Waals surface area contributed by atoms with Gasteiger partial charge in [0.25, 0.3) is 0 Å². The van der Waals surface area contributed by atoms with Crippen LogP contribution in [0.4, 0.5) is 0 Å². The second-order valence-electron chi connectivity index (χ2n) is 5.76. The summed E-state index contributed by atoms with van der Waals surface area (Å²) in [6.45, 7) is 13.0. The summed E-state index contributed by atoms with van der Waals surface area (Å²) >= 11 is 0. The van der Waals surface area contributed by atoms with Crippen LogP contribution >= 0.6 is 0 Å². The Bertz CT molecular complexity index is 208. The van der Waals surface area contributed by atoms with Crippen molar-refractivity contribution in [3.8, 4) is 0 Å². The van der Waals surface area contributed by atoms with Crippen LogP contribution in [-0.2, 0) is 0 Å². The molecule has 0 spiro atoms. The summed E-state index contributed by atoms with van der Waals surface area (Å²) < 4.78 is 0. The molecule has 0 aromatic carbocycles. The molecule has 0 saturated carbocycles. The van der Waals surface area contributed by atoms with Crippen LogP contribution < -0.4 is 5.32 Å². The van der Waals surface area contributed by atoms with Crippen LogP contribution in [0.2, 0.25) is 0 Å². The lowest BCUT2D eigenvalue weighted by Gasteiger charge is -2.35. The minimum atomic E-state index is 0.736. The zero-order valence-corrected chi connectivity index (χ0v) is 12.9. The number of nitrogens with one attached hydrogen (secondary N) is 1. The molecule has 18 heavy (non-hydrogen) atoms. The van der Waals surface area contributed by atoms with Crippen molar-refractivity contribution in [1.29, 1.82) is 0 Å². The standard InChI is InChI=1S/C15H33N3/c1-5-15-13-17(4)11-8-12-18(15)14(3)9-7-10-16-6-2/h14-16H,5-13H2,1-4H3. The first kappa shape index (κ1) is 15.9. The van der Waals surface area contributed by atoms with Gasteiger partial charge in [-0.05, 0) is 65.8 Å². The van der Waals surface area contributed by atoms with Crippen molar-refractivity contribution in [3.63, 3.8) is 0 Å². The van der Waals surface area contributed by atoms with E-state index in [4.69, 9.17) is 0 Å². The first-order valence-electron chi connectivity index (χ1n) is 7.84. The topological polar surface area (TPSA) is 18.5 Å². The van der Waals surface area contributed by atoms with Crippen molar-refractivity contribution in [3.05, 3.63) is 0 Å². The van der Waals surface area contributed by atoms with E-state index >= 15 is 0 Å². The van der Waals surface area contributed by atoms with Gasteiger partial charge in [-0.2, -0.15) is 0 Å². The first-order valence-corrected chi connectivity index (χ1v) is 7.84. The van der Waals surface area contributed by atoms with Gasteiger partial charge < -0.3 is 10.2 Å². The van der Waals surface area contributed by atoms with E-state index in [9.17, 15) is 0 Å². The Morgan fingerprint density at radius 2 is 2.06 bits per heavy atom. The first-order chi connectivity index (χ1) is 8.69. The minimum absolute atomic E-state index is 0.736. The summed E-state index contributed by atoms with van der Waals surface area (Å²) in [5.74, 6) is 0. The molecule has 0 aromatic heterocycles. The Hall–Kier alpha value is -0.120. The molecule has 1 heterocycles. The van der Waals surface area contributed by atoms with E-state index in [2.05, 4.69) is 42.9 Å². The minimum Gasteiger partial charge on any atom is -0.317 e. The molecule has 2 atom stereocenters. The molecule has 1 aliphatic rings. The second kappa shape index (κ2) is 8.89. The third kappa shape index (κ3) is 5.25. The zero-order valence-electron chi connectivity index (χ0n) is 12.9. The van der Waals surface area contributed by atoms with E-state index in [1.165, 1.54) is 51.9 Å². The summed E-state index contributed by atoms with van der Waals surface area (Å²) in [7, 11) is 2.27. The summed E-state index contributed by atoms with van der Waals surface area (Å²) in [5.41, 5.74) is 0. The summed E-state index contributed by atoms with van der Waals surface area (Å²) in [4.78, 5) is 5.26. The van der Waals surface area contributed by atoms with Gasteiger partial charge in [0.2, 0.25) is 0 Å². The molecule has 0 radical (unpaired) electrons.